The smallest absolute Gasteiger partial charge is 0.328 e. The standard InChI is InChI=1S/C14H21NO2/c1-9-7-6-8-11(10(9)2)12(15)13(16)17-14(3,4)5/h6-8,12H,15H2,1-5H3. The van der Waals surface area contributed by atoms with Crippen LogP contribution in [0.3, 0.4) is 0 Å². The average Bonchev–Trinajstić information content (AvgIpc) is 2.18. The first-order chi connectivity index (χ1) is 7.72. The first-order valence-corrected chi connectivity index (χ1v) is 5.77. The summed E-state index contributed by atoms with van der Waals surface area (Å²) in [6.07, 6.45) is 0. The number of esters is 1. The van der Waals surface area contributed by atoms with Crippen LogP contribution in [0.4, 0.5) is 0 Å². The Morgan fingerprint density at radius 2 is 1.88 bits per heavy atom. The van der Waals surface area contributed by atoms with Gasteiger partial charge in [0.15, 0.2) is 0 Å². The molecule has 0 fully saturated rings. The Morgan fingerprint density at radius 1 is 1.29 bits per heavy atom. The Morgan fingerprint density at radius 3 is 2.41 bits per heavy atom. The Balaban J connectivity index is 2.93. The fourth-order valence-electron chi connectivity index (χ4n) is 1.60. The zero-order chi connectivity index (χ0) is 13.2. The van der Waals surface area contributed by atoms with Crippen molar-refractivity contribution in [2.75, 3.05) is 0 Å². The molecule has 3 heteroatoms. The summed E-state index contributed by atoms with van der Waals surface area (Å²) in [5, 5.41) is 0. The van der Waals surface area contributed by atoms with E-state index in [1.807, 2.05) is 52.8 Å². The minimum absolute atomic E-state index is 0.383. The van der Waals surface area contributed by atoms with E-state index < -0.39 is 11.6 Å². The van der Waals surface area contributed by atoms with Gasteiger partial charge >= 0.3 is 5.97 Å². The number of benzene rings is 1. The number of hydrogen-bond acceptors (Lipinski definition) is 3. The lowest BCUT2D eigenvalue weighted by Gasteiger charge is -2.23. The molecule has 1 atom stereocenters. The normalized spacial score (nSPS) is 13.3. The summed E-state index contributed by atoms with van der Waals surface area (Å²) in [6.45, 7) is 9.47. The largest absolute Gasteiger partial charge is 0.459 e. The quantitative estimate of drug-likeness (QED) is 0.802. The maximum Gasteiger partial charge on any atom is 0.328 e. The molecule has 17 heavy (non-hydrogen) atoms. The van der Waals surface area contributed by atoms with Gasteiger partial charge in [0.2, 0.25) is 0 Å². The first kappa shape index (κ1) is 13.7. The van der Waals surface area contributed by atoms with Gasteiger partial charge in [-0.15, -0.1) is 0 Å². The van der Waals surface area contributed by atoms with E-state index in [1.54, 1.807) is 0 Å². The van der Waals surface area contributed by atoms with Crippen molar-refractivity contribution >= 4 is 5.97 Å². The third kappa shape index (κ3) is 3.56. The molecule has 0 aliphatic rings. The van der Waals surface area contributed by atoms with E-state index in [0.717, 1.165) is 16.7 Å². The van der Waals surface area contributed by atoms with Gasteiger partial charge in [-0.3, -0.25) is 0 Å². The summed E-state index contributed by atoms with van der Waals surface area (Å²) in [4.78, 5) is 11.9. The van der Waals surface area contributed by atoms with E-state index >= 15 is 0 Å². The van der Waals surface area contributed by atoms with Gasteiger partial charge in [0.05, 0.1) is 0 Å². The topological polar surface area (TPSA) is 52.3 Å². The van der Waals surface area contributed by atoms with Crippen molar-refractivity contribution in [1.29, 1.82) is 0 Å². The van der Waals surface area contributed by atoms with Crippen molar-refractivity contribution in [2.45, 2.75) is 46.3 Å². The van der Waals surface area contributed by atoms with E-state index in [1.165, 1.54) is 0 Å². The van der Waals surface area contributed by atoms with Crippen molar-refractivity contribution in [1.82, 2.24) is 0 Å². The van der Waals surface area contributed by atoms with Crippen LogP contribution in [0.15, 0.2) is 18.2 Å². The Bertz CT molecular complexity index is 419. The van der Waals surface area contributed by atoms with Gasteiger partial charge in [-0.05, 0) is 51.3 Å². The van der Waals surface area contributed by atoms with E-state index in [9.17, 15) is 4.79 Å². The second-order valence-corrected chi connectivity index (χ2v) is 5.30. The first-order valence-electron chi connectivity index (χ1n) is 5.77. The van der Waals surface area contributed by atoms with Crippen LogP contribution in [0.25, 0.3) is 0 Å². The molecule has 0 aliphatic heterocycles. The van der Waals surface area contributed by atoms with Crippen LogP contribution in [-0.2, 0) is 9.53 Å². The van der Waals surface area contributed by atoms with E-state index in [-0.39, 0.29) is 5.97 Å². The molecule has 1 aromatic carbocycles. The van der Waals surface area contributed by atoms with Gasteiger partial charge in [0.1, 0.15) is 11.6 Å². The molecule has 0 radical (unpaired) electrons. The van der Waals surface area contributed by atoms with Crippen LogP contribution >= 0.6 is 0 Å². The van der Waals surface area contributed by atoms with Crippen LogP contribution in [-0.4, -0.2) is 11.6 Å². The lowest BCUT2D eigenvalue weighted by molar-refractivity contribution is -0.156. The molecule has 0 saturated heterocycles. The zero-order valence-corrected chi connectivity index (χ0v) is 11.2. The lowest BCUT2D eigenvalue weighted by atomic mass is 9.98. The summed E-state index contributed by atoms with van der Waals surface area (Å²) in [5.41, 5.74) is 8.44. The van der Waals surface area contributed by atoms with Crippen LogP contribution < -0.4 is 5.73 Å². The van der Waals surface area contributed by atoms with Crippen LogP contribution in [0.2, 0.25) is 0 Å². The molecule has 0 heterocycles. The third-order valence-electron chi connectivity index (χ3n) is 2.64. The van der Waals surface area contributed by atoms with Gasteiger partial charge < -0.3 is 10.5 Å². The van der Waals surface area contributed by atoms with E-state index in [0.29, 0.717) is 0 Å². The van der Waals surface area contributed by atoms with Gasteiger partial charge in [-0.25, -0.2) is 4.79 Å². The molecule has 0 spiro atoms. The van der Waals surface area contributed by atoms with Crippen LogP contribution in [0, 0.1) is 13.8 Å². The number of nitrogens with two attached hydrogens (primary N) is 1. The predicted molar refractivity (Wildman–Crippen MR) is 68.7 cm³/mol. The third-order valence-corrected chi connectivity index (χ3v) is 2.64. The molecule has 1 aromatic rings. The van der Waals surface area contributed by atoms with Crippen molar-refractivity contribution in [3.05, 3.63) is 34.9 Å². The Hall–Kier alpha value is -1.35. The monoisotopic (exact) mass is 235 g/mol. The fraction of sp³-hybridized carbons (Fsp3) is 0.500. The number of carbonyl (C=O) groups is 1. The zero-order valence-electron chi connectivity index (χ0n) is 11.2. The molecule has 0 aliphatic carbocycles. The van der Waals surface area contributed by atoms with Crippen molar-refractivity contribution < 1.29 is 9.53 Å². The van der Waals surface area contributed by atoms with Gasteiger partial charge in [-0.2, -0.15) is 0 Å². The summed E-state index contributed by atoms with van der Waals surface area (Å²) < 4.78 is 5.28. The molecule has 0 saturated carbocycles. The van der Waals surface area contributed by atoms with E-state index in [4.69, 9.17) is 10.5 Å². The maximum atomic E-state index is 11.9. The predicted octanol–water partition coefficient (Wildman–Crippen LogP) is 2.64. The number of ether oxygens (including phenoxy) is 1. The Labute approximate surface area is 103 Å². The fourth-order valence-corrected chi connectivity index (χ4v) is 1.60. The van der Waals surface area contributed by atoms with Gasteiger partial charge in [0.25, 0.3) is 0 Å². The van der Waals surface area contributed by atoms with Gasteiger partial charge in [0, 0.05) is 0 Å². The number of aryl methyl sites for hydroxylation is 1. The van der Waals surface area contributed by atoms with E-state index in [2.05, 4.69) is 0 Å². The van der Waals surface area contributed by atoms with Gasteiger partial charge in [-0.1, -0.05) is 18.2 Å². The highest BCUT2D eigenvalue weighted by atomic mass is 16.6. The molecule has 94 valence electrons. The number of carbonyl (C=O) groups excluding carboxylic acids is 1. The van der Waals surface area contributed by atoms with Crippen LogP contribution in [0.5, 0.6) is 0 Å². The molecule has 2 N–H and O–H groups in total. The highest BCUT2D eigenvalue weighted by molar-refractivity contribution is 5.78. The van der Waals surface area contributed by atoms with Crippen molar-refractivity contribution in [3.63, 3.8) is 0 Å². The minimum atomic E-state index is -0.714. The second kappa shape index (κ2) is 4.88. The SMILES string of the molecule is Cc1cccc(C(N)C(=O)OC(C)(C)C)c1C. The van der Waals surface area contributed by atoms with Crippen molar-refractivity contribution in [3.8, 4) is 0 Å². The second-order valence-electron chi connectivity index (χ2n) is 5.30. The molecule has 0 aromatic heterocycles. The lowest BCUT2D eigenvalue weighted by Crippen LogP contribution is -2.32. The highest BCUT2D eigenvalue weighted by Gasteiger charge is 2.24. The summed E-state index contributed by atoms with van der Waals surface area (Å²) in [7, 11) is 0. The Kier molecular flexibility index (Phi) is 3.94. The molecular formula is C14H21NO2. The molecule has 1 rings (SSSR count). The van der Waals surface area contributed by atoms with Crippen LogP contribution in [0.1, 0.15) is 43.5 Å². The number of rotatable bonds is 2. The van der Waals surface area contributed by atoms with Crippen molar-refractivity contribution in [2.24, 2.45) is 5.73 Å². The summed E-state index contributed by atoms with van der Waals surface area (Å²) in [5.74, 6) is -0.383. The molecule has 1 unspecified atom stereocenters. The maximum absolute atomic E-state index is 11.9. The summed E-state index contributed by atoms with van der Waals surface area (Å²) >= 11 is 0. The average molecular weight is 235 g/mol. The summed E-state index contributed by atoms with van der Waals surface area (Å²) in [6, 6.07) is 5.06. The molecule has 3 nitrogen and oxygen atoms in total. The minimum Gasteiger partial charge on any atom is -0.459 e. The molecule has 0 amide bonds. The highest BCUT2D eigenvalue weighted by Crippen LogP contribution is 2.21. The molecule has 0 bridgehead atoms. The number of hydrogen-bond donors (Lipinski definition) is 1. The molecular weight excluding hydrogens is 214 g/mol.